The van der Waals surface area contributed by atoms with Gasteiger partial charge in [-0.05, 0) is 48.1 Å². The summed E-state index contributed by atoms with van der Waals surface area (Å²) in [6, 6.07) is 0.493. The van der Waals surface area contributed by atoms with Gasteiger partial charge in [0.05, 0.1) is 11.1 Å². The van der Waals surface area contributed by atoms with Crippen molar-refractivity contribution >= 4 is 10.1 Å². The van der Waals surface area contributed by atoms with E-state index in [2.05, 4.69) is 5.32 Å². The molecule has 0 bridgehead atoms. The highest BCUT2D eigenvalue weighted by Crippen LogP contribution is 2.46. The molecule has 1 aliphatic carbocycles. The van der Waals surface area contributed by atoms with Crippen molar-refractivity contribution in [2.45, 2.75) is 56.6 Å². The number of hydrogen-bond acceptors (Lipinski definition) is 3. The van der Waals surface area contributed by atoms with E-state index < -0.39 is 80.6 Å². The molecule has 0 saturated carbocycles. The van der Waals surface area contributed by atoms with Crippen LogP contribution in [0.4, 0.5) is 39.5 Å². The maximum atomic E-state index is 13.5. The summed E-state index contributed by atoms with van der Waals surface area (Å²) in [5.41, 5.74) is -5.31. The van der Waals surface area contributed by atoms with Gasteiger partial charge in [-0.2, -0.15) is 47.9 Å². The number of rotatable bonds is 5. The monoisotopic (exact) mass is 513 g/mol. The zero-order chi connectivity index (χ0) is 25.6. The van der Waals surface area contributed by atoms with Crippen LogP contribution in [0, 0.1) is 11.8 Å². The number of benzene rings is 1. The number of halogens is 9. The molecule has 188 valence electrons. The highest BCUT2D eigenvalue weighted by Gasteiger charge is 2.52. The lowest BCUT2D eigenvalue weighted by Gasteiger charge is -2.41. The van der Waals surface area contributed by atoms with Gasteiger partial charge in [0.15, 0.2) is 4.87 Å². The van der Waals surface area contributed by atoms with Gasteiger partial charge in [0.25, 0.3) is 10.1 Å². The van der Waals surface area contributed by atoms with Gasteiger partial charge in [-0.3, -0.25) is 9.87 Å². The van der Waals surface area contributed by atoms with Crippen LogP contribution in [0.15, 0.2) is 29.8 Å². The van der Waals surface area contributed by atoms with Gasteiger partial charge in [0.1, 0.15) is 0 Å². The van der Waals surface area contributed by atoms with Crippen molar-refractivity contribution in [3.63, 3.8) is 0 Å². The maximum Gasteiger partial charge on any atom is 0.416 e. The number of alkyl halides is 9. The molecule has 33 heavy (non-hydrogen) atoms. The highest BCUT2D eigenvalue weighted by atomic mass is 32.2. The predicted octanol–water partition coefficient (Wildman–Crippen LogP) is 5.95. The molecule has 4 nitrogen and oxygen atoms in total. The Morgan fingerprint density at radius 3 is 1.82 bits per heavy atom. The first kappa shape index (κ1) is 27.4. The standard InChI is InChI=1S/C19H20F9NO3S/c1-3-12-7-16(33(30,31)32,8-15(10(12)2)19(26,27)28)29-9-11-4-13(17(20,21)22)6-14(5-11)18(23,24)25/h4-6,8,10,12,29H,3,7,9H2,1-2H3,(H,30,31,32)/t10?,12-,16+/m1/s1. The Kier molecular flexibility index (Phi) is 7.29. The molecule has 0 fully saturated rings. The highest BCUT2D eigenvalue weighted by molar-refractivity contribution is 7.87. The number of hydrogen-bond donors (Lipinski definition) is 2. The van der Waals surface area contributed by atoms with Crippen LogP contribution >= 0.6 is 0 Å². The first-order valence-corrected chi connectivity index (χ1v) is 11.0. The summed E-state index contributed by atoms with van der Waals surface area (Å²) in [5, 5.41) is 2.09. The molecule has 0 aromatic heterocycles. The Balaban J connectivity index is 2.59. The minimum atomic E-state index is -5.33. The third-order valence-electron chi connectivity index (χ3n) is 5.70. The molecule has 0 heterocycles. The van der Waals surface area contributed by atoms with Crippen molar-refractivity contribution < 1.29 is 52.5 Å². The molecule has 2 N–H and O–H groups in total. The van der Waals surface area contributed by atoms with E-state index in [4.69, 9.17) is 0 Å². The maximum absolute atomic E-state index is 13.5. The Morgan fingerprint density at radius 1 is 0.970 bits per heavy atom. The lowest BCUT2D eigenvalue weighted by Crippen LogP contribution is -2.54. The van der Waals surface area contributed by atoms with Gasteiger partial charge in [0.2, 0.25) is 0 Å². The Morgan fingerprint density at radius 2 is 1.45 bits per heavy atom. The molecule has 14 heteroatoms. The minimum absolute atomic E-state index is 0.0648. The van der Waals surface area contributed by atoms with Gasteiger partial charge in [-0.25, -0.2) is 0 Å². The quantitative estimate of drug-likeness (QED) is 0.290. The molecular weight excluding hydrogens is 493 g/mol. The molecular formula is C19H20F9NO3S. The van der Waals surface area contributed by atoms with E-state index in [0.717, 1.165) is 0 Å². The third kappa shape index (κ3) is 6.01. The first-order valence-electron chi connectivity index (χ1n) is 9.51. The lowest BCUT2D eigenvalue weighted by atomic mass is 9.75. The van der Waals surface area contributed by atoms with Crippen molar-refractivity contribution in [1.29, 1.82) is 0 Å². The van der Waals surface area contributed by atoms with Crippen LogP contribution in [0.2, 0.25) is 0 Å². The topological polar surface area (TPSA) is 66.4 Å². The van der Waals surface area contributed by atoms with Gasteiger partial charge in [-0.15, -0.1) is 0 Å². The summed E-state index contributed by atoms with van der Waals surface area (Å²) >= 11 is 0. The van der Waals surface area contributed by atoms with E-state index in [-0.39, 0.29) is 18.6 Å². The minimum Gasteiger partial charge on any atom is -0.289 e. The van der Waals surface area contributed by atoms with Gasteiger partial charge in [-0.1, -0.05) is 20.3 Å². The average Bonchev–Trinajstić information content (AvgIpc) is 2.63. The van der Waals surface area contributed by atoms with Crippen molar-refractivity contribution in [3.8, 4) is 0 Å². The molecule has 1 aromatic carbocycles. The third-order valence-corrected chi connectivity index (χ3v) is 7.05. The molecule has 0 aliphatic heterocycles. The molecule has 1 aromatic rings. The Bertz CT molecular complexity index is 981. The first-order chi connectivity index (χ1) is 14.7. The normalized spacial score (nSPS) is 25.2. The smallest absolute Gasteiger partial charge is 0.289 e. The number of allylic oxidation sites excluding steroid dienone is 1. The van der Waals surface area contributed by atoms with Crippen LogP contribution in [0.1, 0.15) is 43.4 Å². The van der Waals surface area contributed by atoms with Crippen LogP contribution < -0.4 is 5.32 Å². The van der Waals surface area contributed by atoms with Crippen LogP contribution in [0.3, 0.4) is 0 Å². The fraction of sp³-hybridized carbons (Fsp3) is 0.579. The molecule has 2 rings (SSSR count). The van der Waals surface area contributed by atoms with Gasteiger partial charge >= 0.3 is 18.5 Å². The molecule has 0 saturated heterocycles. The fourth-order valence-electron chi connectivity index (χ4n) is 3.87. The largest absolute Gasteiger partial charge is 0.416 e. The van der Waals surface area contributed by atoms with E-state index in [1.165, 1.54) is 13.8 Å². The summed E-state index contributed by atoms with van der Waals surface area (Å²) in [6.45, 7) is 1.70. The fourth-order valence-corrected chi connectivity index (χ4v) is 4.82. The van der Waals surface area contributed by atoms with Crippen molar-refractivity contribution in [2.24, 2.45) is 11.8 Å². The zero-order valence-corrected chi connectivity index (χ0v) is 18.0. The molecule has 0 amide bonds. The Hall–Kier alpha value is -1.80. The summed E-state index contributed by atoms with van der Waals surface area (Å²) in [7, 11) is -5.33. The predicted molar refractivity (Wildman–Crippen MR) is 99.3 cm³/mol. The van der Waals surface area contributed by atoms with E-state index in [0.29, 0.717) is 12.1 Å². The van der Waals surface area contributed by atoms with Crippen molar-refractivity contribution in [2.75, 3.05) is 0 Å². The van der Waals surface area contributed by atoms with Crippen LogP contribution in [0.5, 0.6) is 0 Å². The Labute approximate surface area is 183 Å². The molecule has 1 unspecified atom stereocenters. The SMILES string of the molecule is CC[C@@H]1C[C@](NCc2cc(C(F)(F)F)cc(C(F)(F)F)c2)(S(=O)(=O)O)C=C(C(F)(F)F)C1C. The number of nitrogens with one attached hydrogen (secondary N) is 1. The van der Waals surface area contributed by atoms with Gasteiger partial charge in [0, 0.05) is 12.1 Å². The molecule has 0 spiro atoms. The summed E-state index contributed by atoms with van der Waals surface area (Å²) in [5.74, 6) is -2.06. The van der Waals surface area contributed by atoms with Crippen LogP contribution in [0.25, 0.3) is 0 Å². The molecule has 1 aliphatic rings. The second kappa shape index (κ2) is 8.77. The van der Waals surface area contributed by atoms with Crippen LogP contribution in [-0.2, 0) is 29.0 Å². The zero-order valence-electron chi connectivity index (χ0n) is 17.2. The summed E-state index contributed by atoms with van der Waals surface area (Å²) in [6.07, 6.45) is -15.6. The van der Waals surface area contributed by atoms with E-state index >= 15 is 0 Å². The lowest BCUT2D eigenvalue weighted by molar-refractivity contribution is -0.143. The van der Waals surface area contributed by atoms with Gasteiger partial charge < -0.3 is 0 Å². The molecule has 0 radical (unpaired) electrons. The van der Waals surface area contributed by atoms with E-state index in [1.54, 1.807) is 0 Å². The summed E-state index contributed by atoms with van der Waals surface area (Å²) in [4.78, 5) is -2.77. The second-order valence-corrected chi connectivity index (χ2v) is 9.57. The summed E-state index contributed by atoms with van der Waals surface area (Å²) < 4.78 is 153. The second-order valence-electron chi connectivity index (χ2n) is 7.89. The molecule has 3 atom stereocenters. The van der Waals surface area contributed by atoms with Crippen molar-refractivity contribution in [3.05, 3.63) is 46.5 Å². The van der Waals surface area contributed by atoms with Crippen LogP contribution in [-0.4, -0.2) is 24.0 Å². The van der Waals surface area contributed by atoms with Crippen molar-refractivity contribution in [1.82, 2.24) is 5.32 Å². The van der Waals surface area contributed by atoms with E-state index in [9.17, 15) is 52.5 Å². The average molecular weight is 513 g/mol. The van der Waals surface area contributed by atoms with E-state index in [1.807, 2.05) is 0 Å².